The number of nitrogens with one attached hydrogen (secondary N) is 1. The molecule has 114 valence electrons. The molecule has 21 heavy (non-hydrogen) atoms. The second-order valence-electron chi connectivity index (χ2n) is 4.77. The molecule has 1 atom stereocenters. The van der Waals surface area contributed by atoms with E-state index in [4.69, 9.17) is 0 Å². The van der Waals surface area contributed by atoms with E-state index in [0.29, 0.717) is 0 Å². The Morgan fingerprint density at radius 1 is 1.24 bits per heavy atom. The van der Waals surface area contributed by atoms with Crippen LogP contribution in [0.25, 0.3) is 0 Å². The molecule has 2 aromatic rings. The summed E-state index contributed by atoms with van der Waals surface area (Å²) in [4.78, 5) is 0. The first-order chi connectivity index (χ1) is 10.1. The summed E-state index contributed by atoms with van der Waals surface area (Å²) >= 11 is 0. The number of aryl methyl sites for hydroxylation is 2. The van der Waals surface area contributed by atoms with E-state index in [1.807, 2.05) is 37.0 Å². The van der Waals surface area contributed by atoms with Gasteiger partial charge in [0.15, 0.2) is 0 Å². The van der Waals surface area contributed by atoms with Gasteiger partial charge in [-0.2, -0.15) is 13.9 Å². The van der Waals surface area contributed by atoms with Crippen LogP contribution in [-0.4, -0.2) is 23.4 Å². The highest BCUT2D eigenvalue weighted by Crippen LogP contribution is 2.22. The number of hydrogen-bond acceptors (Lipinski definition) is 3. The van der Waals surface area contributed by atoms with Crippen LogP contribution in [0.1, 0.15) is 23.7 Å². The summed E-state index contributed by atoms with van der Waals surface area (Å²) in [6, 6.07) is 8.89. The van der Waals surface area contributed by atoms with Gasteiger partial charge in [0.25, 0.3) is 0 Å². The number of halogens is 2. The molecule has 0 fully saturated rings. The maximum Gasteiger partial charge on any atom is 0.387 e. The van der Waals surface area contributed by atoms with Crippen molar-refractivity contribution in [1.29, 1.82) is 0 Å². The van der Waals surface area contributed by atoms with Crippen molar-refractivity contribution in [2.75, 3.05) is 7.05 Å². The van der Waals surface area contributed by atoms with Gasteiger partial charge in [0.1, 0.15) is 5.75 Å². The quantitative estimate of drug-likeness (QED) is 0.853. The van der Waals surface area contributed by atoms with Gasteiger partial charge in [0, 0.05) is 25.0 Å². The molecular formula is C15H19F2N3O. The fraction of sp³-hybridized carbons (Fsp3) is 0.400. The van der Waals surface area contributed by atoms with Crippen molar-refractivity contribution in [2.24, 2.45) is 7.05 Å². The molecule has 1 aromatic carbocycles. The van der Waals surface area contributed by atoms with Crippen molar-refractivity contribution >= 4 is 0 Å². The van der Waals surface area contributed by atoms with Gasteiger partial charge in [-0.25, -0.2) is 0 Å². The highest BCUT2D eigenvalue weighted by atomic mass is 19.3. The molecule has 2 rings (SSSR count). The zero-order chi connectivity index (χ0) is 15.2. The molecule has 0 saturated carbocycles. The van der Waals surface area contributed by atoms with Crippen LogP contribution < -0.4 is 10.1 Å². The van der Waals surface area contributed by atoms with E-state index in [2.05, 4.69) is 15.2 Å². The molecular weight excluding hydrogens is 276 g/mol. The lowest BCUT2D eigenvalue weighted by atomic mass is 10.0. The molecule has 4 nitrogen and oxygen atoms in total. The highest BCUT2D eigenvalue weighted by Gasteiger charge is 2.11. The number of hydrogen-bond donors (Lipinski definition) is 1. The van der Waals surface area contributed by atoms with Gasteiger partial charge in [-0.3, -0.25) is 4.68 Å². The molecule has 1 unspecified atom stereocenters. The lowest BCUT2D eigenvalue weighted by molar-refractivity contribution is -0.0498. The van der Waals surface area contributed by atoms with Gasteiger partial charge < -0.3 is 10.1 Å². The zero-order valence-corrected chi connectivity index (χ0v) is 12.1. The molecule has 1 aromatic heterocycles. The lowest BCUT2D eigenvalue weighted by Gasteiger charge is -2.17. The van der Waals surface area contributed by atoms with Gasteiger partial charge in [0.2, 0.25) is 0 Å². The molecule has 0 aliphatic rings. The van der Waals surface area contributed by atoms with E-state index in [1.54, 1.807) is 18.3 Å². The Morgan fingerprint density at radius 2 is 1.95 bits per heavy atom. The Morgan fingerprint density at radius 3 is 2.48 bits per heavy atom. The normalized spacial score (nSPS) is 12.6. The van der Waals surface area contributed by atoms with Crippen LogP contribution in [0.3, 0.4) is 0 Å². The van der Waals surface area contributed by atoms with Crippen molar-refractivity contribution in [2.45, 2.75) is 25.5 Å². The van der Waals surface area contributed by atoms with Gasteiger partial charge in [0.05, 0.1) is 0 Å². The average molecular weight is 295 g/mol. The van der Waals surface area contributed by atoms with Crippen LogP contribution in [0.15, 0.2) is 36.5 Å². The van der Waals surface area contributed by atoms with Gasteiger partial charge >= 0.3 is 6.61 Å². The van der Waals surface area contributed by atoms with Crippen molar-refractivity contribution in [3.05, 3.63) is 47.8 Å². The molecule has 0 radical (unpaired) electrons. The van der Waals surface area contributed by atoms with Crippen molar-refractivity contribution in [1.82, 2.24) is 15.1 Å². The second-order valence-corrected chi connectivity index (χ2v) is 4.77. The summed E-state index contributed by atoms with van der Waals surface area (Å²) in [5.41, 5.74) is 2.20. The first-order valence-electron chi connectivity index (χ1n) is 6.79. The summed E-state index contributed by atoms with van der Waals surface area (Å²) < 4.78 is 30.4. The van der Waals surface area contributed by atoms with E-state index >= 15 is 0 Å². The number of aromatic nitrogens is 2. The number of rotatable bonds is 7. The fourth-order valence-electron chi connectivity index (χ4n) is 2.30. The maximum absolute atomic E-state index is 12.1. The largest absolute Gasteiger partial charge is 0.435 e. The van der Waals surface area contributed by atoms with Gasteiger partial charge in [-0.1, -0.05) is 12.1 Å². The van der Waals surface area contributed by atoms with Gasteiger partial charge in [-0.05, 0) is 43.7 Å². The number of alkyl halides is 2. The van der Waals surface area contributed by atoms with Crippen LogP contribution in [-0.2, 0) is 13.5 Å². The van der Waals surface area contributed by atoms with Gasteiger partial charge in [-0.15, -0.1) is 0 Å². The molecule has 0 spiro atoms. The Bertz CT molecular complexity index is 554. The minimum atomic E-state index is -2.79. The van der Waals surface area contributed by atoms with Crippen LogP contribution in [0.5, 0.6) is 5.75 Å². The third-order valence-electron chi connectivity index (χ3n) is 3.47. The number of ether oxygens (including phenoxy) is 1. The van der Waals surface area contributed by atoms with E-state index < -0.39 is 6.61 Å². The van der Waals surface area contributed by atoms with Crippen LogP contribution in [0, 0.1) is 0 Å². The van der Waals surface area contributed by atoms with E-state index in [-0.39, 0.29) is 11.8 Å². The monoisotopic (exact) mass is 295 g/mol. The minimum Gasteiger partial charge on any atom is -0.435 e. The van der Waals surface area contributed by atoms with Crippen molar-refractivity contribution < 1.29 is 13.5 Å². The highest BCUT2D eigenvalue weighted by molar-refractivity contribution is 5.29. The first-order valence-corrected chi connectivity index (χ1v) is 6.79. The topological polar surface area (TPSA) is 39.1 Å². The predicted octanol–water partition coefficient (Wildman–Crippen LogP) is 2.91. The Kier molecular flexibility index (Phi) is 5.27. The molecule has 0 aliphatic heterocycles. The fourth-order valence-corrected chi connectivity index (χ4v) is 2.30. The number of benzene rings is 1. The van der Waals surface area contributed by atoms with Crippen molar-refractivity contribution in [3.8, 4) is 5.75 Å². The molecule has 6 heteroatoms. The summed E-state index contributed by atoms with van der Waals surface area (Å²) in [6.07, 6.45) is 3.56. The molecule has 0 bridgehead atoms. The Hall–Kier alpha value is -1.95. The van der Waals surface area contributed by atoms with Crippen LogP contribution in [0.2, 0.25) is 0 Å². The lowest BCUT2D eigenvalue weighted by Crippen LogP contribution is -2.17. The molecule has 0 saturated heterocycles. The third-order valence-corrected chi connectivity index (χ3v) is 3.47. The van der Waals surface area contributed by atoms with E-state index in [9.17, 15) is 8.78 Å². The first kappa shape index (κ1) is 15.4. The Labute approximate surface area is 122 Å². The van der Waals surface area contributed by atoms with E-state index in [0.717, 1.165) is 24.1 Å². The third kappa shape index (κ3) is 4.26. The molecule has 1 heterocycles. The summed E-state index contributed by atoms with van der Waals surface area (Å²) in [5.74, 6) is 0.176. The second kappa shape index (κ2) is 7.17. The maximum atomic E-state index is 12.1. The van der Waals surface area contributed by atoms with Crippen LogP contribution >= 0.6 is 0 Å². The summed E-state index contributed by atoms with van der Waals surface area (Å²) in [5, 5.41) is 7.38. The average Bonchev–Trinajstić information content (AvgIpc) is 2.86. The SMILES string of the molecule is CNC(CCc1ccnn1C)c1ccc(OC(F)F)cc1. The predicted molar refractivity (Wildman–Crippen MR) is 76.4 cm³/mol. The minimum absolute atomic E-state index is 0.153. The summed E-state index contributed by atoms with van der Waals surface area (Å²) in [6.45, 7) is -2.79. The molecule has 0 amide bonds. The zero-order valence-electron chi connectivity index (χ0n) is 12.1. The van der Waals surface area contributed by atoms with Crippen molar-refractivity contribution in [3.63, 3.8) is 0 Å². The smallest absolute Gasteiger partial charge is 0.387 e. The number of nitrogens with zero attached hydrogens (tertiary/aromatic N) is 2. The van der Waals surface area contributed by atoms with Crippen LogP contribution in [0.4, 0.5) is 8.78 Å². The molecule has 0 aliphatic carbocycles. The summed E-state index contributed by atoms with van der Waals surface area (Å²) in [7, 11) is 3.80. The van der Waals surface area contributed by atoms with E-state index in [1.165, 1.54) is 0 Å². The standard InChI is InChI=1S/C15H19F2N3O/c1-18-14(8-5-12-9-10-19-20(12)2)11-3-6-13(7-4-11)21-15(16)17/h3-4,6-7,9-10,14-15,18H,5,8H2,1-2H3. The Balaban J connectivity index is 1.98. The molecule has 1 N–H and O–H groups in total.